The monoisotopic (exact) mass is 372 g/mol. The third-order valence-corrected chi connectivity index (χ3v) is 4.52. The predicted octanol–water partition coefficient (Wildman–Crippen LogP) is 4.03. The molecular formula is C22H16N2O4. The van der Waals surface area contributed by atoms with Crippen LogP contribution in [0.15, 0.2) is 76.7 Å². The molecule has 2 aromatic carbocycles. The maximum Gasteiger partial charge on any atom is 0.343 e. The number of fused-ring (bicyclic) bond motifs is 1. The Morgan fingerprint density at radius 3 is 2.64 bits per heavy atom. The second-order valence-electron chi connectivity index (χ2n) is 6.40. The summed E-state index contributed by atoms with van der Waals surface area (Å²) in [6, 6.07) is 17.7. The van der Waals surface area contributed by atoms with Crippen LogP contribution in [-0.2, 0) is 0 Å². The van der Waals surface area contributed by atoms with Crippen LogP contribution in [0, 0.1) is 18.3 Å². The van der Waals surface area contributed by atoms with Gasteiger partial charge in [-0.2, -0.15) is 5.26 Å². The van der Waals surface area contributed by atoms with E-state index >= 15 is 0 Å². The quantitative estimate of drug-likeness (QED) is 0.551. The summed E-state index contributed by atoms with van der Waals surface area (Å²) in [5.74, 6) is 0.347. The van der Waals surface area contributed by atoms with Crippen LogP contribution in [0.2, 0.25) is 0 Å². The molecule has 0 spiro atoms. The minimum Gasteiger partial charge on any atom is -0.468 e. The minimum absolute atomic E-state index is 0.00147. The molecule has 2 heterocycles. The summed E-state index contributed by atoms with van der Waals surface area (Å²) >= 11 is 0. The first kappa shape index (κ1) is 17.4. The lowest BCUT2D eigenvalue weighted by molar-refractivity contribution is 0.0734. The van der Waals surface area contributed by atoms with Crippen LogP contribution in [0.4, 0.5) is 0 Å². The van der Waals surface area contributed by atoms with Crippen molar-refractivity contribution in [2.24, 2.45) is 5.73 Å². The van der Waals surface area contributed by atoms with Crippen molar-refractivity contribution >= 4 is 5.97 Å². The van der Waals surface area contributed by atoms with Gasteiger partial charge in [0.25, 0.3) is 0 Å². The fraction of sp³-hybridized carbons (Fsp3) is 0.0909. The van der Waals surface area contributed by atoms with Crippen LogP contribution >= 0.6 is 0 Å². The Labute approximate surface area is 161 Å². The molecule has 1 aromatic heterocycles. The van der Waals surface area contributed by atoms with Crippen molar-refractivity contribution in [1.82, 2.24) is 0 Å². The molecule has 0 fully saturated rings. The highest BCUT2D eigenvalue weighted by atomic mass is 16.5. The Hall–Kier alpha value is -3.98. The lowest BCUT2D eigenvalue weighted by Crippen LogP contribution is -2.21. The van der Waals surface area contributed by atoms with Crippen LogP contribution < -0.4 is 15.2 Å². The zero-order valence-electron chi connectivity index (χ0n) is 15.0. The lowest BCUT2D eigenvalue weighted by Gasteiger charge is -2.25. The van der Waals surface area contributed by atoms with Gasteiger partial charge in [0.2, 0.25) is 5.88 Å². The first-order chi connectivity index (χ1) is 13.6. The van der Waals surface area contributed by atoms with Crippen LogP contribution in [-0.4, -0.2) is 5.97 Å². The van der Waals surface area contributed by atoms with E-state index in [-0.39, 0.29) is 11.5 Å². The Morgan fingerprint density at radius 1 is 1.18 bits per heavy atom. The molecule has 138 valence electrons. The van der Waals surface area contributed by atoms with Gasteiger partial charge in [-0.1, -0.05) is 23.8 Å². The molecule has 0 aliphatic carbocycles. The molecule has 0 amide bonds. The molecular weight excluding hydrogens is 356 g/mol. The van der Waals surface area contributed by atoms with E-state index < -0.39 is 11.9 Å². The van der Waals surface area contributed by atoms with Gasteiger partial charge in [-0.25, -0.2) is 4.79 Å². The summed E-state index contributed by atoms with van der Waals surface area (Å²) in [6.07, 6.45) is 1.54. The van der Waals surface area contributed by atoms with E-state index in [0.29, 0.717) is 28.4 Å². The zero-order chi connectivity index (χ0) is 19.7. The number of furan rings is 1. The van der Waals surface area contributed by atoms with E-state index in [9.17, 15) is 10.1 Å². The molecule has 1 aliphatic rings. The average Bonchev–Trinajstić information content (AvgIpc) is 3.21. The van der Waals surface area contributed by atoms with Crippen molar-refractivity contribution in [1.29, 1.82) is 5.26 Å². The van der Waals surface area contributed by atoms with Gasteiger partial charge >= 0.3 is 5.97 Å². The molecule has 28 heavy (non-hydrogen) atoms. The van der Waals surface area contributed by atoms with Crippen LogP contribution in [0.1, 0.15) is 33.2 Å². The highest BCUT2D eigenvalue weighted by molar-refractivity contribution is 5.91. The number of esters is 1. The number of benzene rings is 2. The summed E-state index contributed by atoms with van der Waals surface area (Å²) in [5, 5.41) is 9.50. The maximum atomic E-state index is 12.4. The second kappa shape index (κ2) is 6.97. The number of allylic oxidation sites excluding steroid dienone is 1. The van der Waals surface area contributed by atoms with Gasteiger partial charge in [-0.15, -0.1) is 0 Å². The molecule has 0 saturated heterocycles. The molecule has 6 nitrogen and oxygen atoms in total. The van der Waals surface area contributed by atoms with Crippen molar-refractivity contribution in [3.8, 4) is 17.6 Å². The van der Waals surface area contributed by atoms with Crippen molar-refractivity contribution in [3.63, 3.8) is 0 Å². The molecule has 3 aromatic rings. The number of rotatable bonds is 3. The van der Waals surface area contributed by atoms with E-state index in [2.05, 4.69) is 6.07 Å². The number of aryl methyl sites for hydroxylation is 1. The summed E-state index contributed by atoms with van der Waals surface area (Å²) < 4.78 is 16.6. The van der Waals surface area contributed by atoms with E-state index in [1.807, 2.05) is 19.1 Å². The van der Waals surface area contributed by atoms with Gasteiger partial charge in [0.05, 0.1) is 17.7 Å². The third kappa shape index (κ3) is 3.10. The Kier molecular flexibility index (Phi) is 4.34. The minimum atomic E-state index is -0.481. The molecule has 0 bridgehead atoms. The van der Waals surface area contributed by atoms with E-state index in [1.54, 1.807) is 42.5 Å². The van der Waals surface area contributed by atoms with E-state index in [1.165, 1.54) is 6.26 Å². The molecule has 6 heteroatoms. The van der Waals surface area contributed by atoms with Crippen molar-refractivity contribution in [2.75, 3.05) is 0 Å². The molecule has 4 rings (SSSR count). The average molecular weight is 372 g/mol. The fourth-order valence-corrected chi connectivity index (χ4v) is 3.10. The largest absolute Gasteiger partial charge is 0.468 e. The topological polar surface area (TPSA) is 98.5 Å². The molecule has 2 N–H and O–H groups in total. The van der Waals surface area contributed by atoms with Crippen LogP contribution in [0.5, 0.6) is 11.5 Å². The maximum absolute atomic E-state index is 12.4. The van der Waals surface area contributed by atoms with Crippen LogP contribution in [0.3, 0.4) is 0 Å². The number of carbonyl (C=O) groups excluding carboxylic acids is 1. The van der Waals surface area contributed by atoms with Gasteiger partial charge in [-0.3, -0.25) is 0 Å². The predicted molar refractivity (Wildman–Crippen MR) is 101 cm³/mol. The van der Waals surface area contributed by atoms with Crippen molar-refractivity contribution in [3.05, 3.63) is 94.8 Å². The van der Waals surface area contributed by atoms with Crippen molar-refractivity contribution < 1.29 is 18.7 Å². The Morgan fingerprint density at radius 2 is 1.96 bits per heavy atom. The summed E-state index contributed by atoms with van der Waals surface area (Å²) in [6.45, 7) is 1.94. The first-order valence-corrected chi connectivity index (χ1v) is 8.60. The summed E-state index contributed by atoms with van der Waals surface area (Å²) in [5.41, 5.74) is 8.42. The van der Waals surface area contributed by atoms with Gasteiger partial charge in [0, 0.05) is 11.6 Å². The first-order valence-electron chi connectivity index (χ1n) is 8.60. The fourth-order valence-electron chi connectivity index (χ4n) is 3.10. The van der Waals surface area contributed by atoms with Gasteiger partial charge in [0.1, 0.15) is 28.9 Å². The van der Waals surface area contributed by atoms with Crippen molar-refractivity contribution in [2.45, 2.75) is 12.8 Å². The van der Waals surface area contributed by atoms with E-state index in [0.717, 1.165) is 5.56 Å². The third-order valence-electron chi connectivity index (χ3n) is 4.52. The highest BCUT2D eigenvalue weighted by Gasteiger charge is 2.32. The smallest absolute Gasteiger partial charge is 0.343 e. The zero-order valence-corrected chi connectivity index (χ0v) is 15.0. The van der Waals surface area contributed by atoms with E-state index in [4.69, 9.17) is 19.6 Å². The number of carbonyl (C=O) groups is 1. The standard InChI is InChI=1S/C22H16N2O4/c1-13-4-6-14(7-5-13)22(25)27-15-8-9-16-19(11-15)28-21(24)17(12-23)20(16)18-3-2-10-26-18/h2-11,20H,24H2,1H3. The second-order valence-corrected chi connectivity index (χ2v) is 6.40. The number of nitrogens with zero attached hydrogens (tertiary/aromatic N) is 1. The Balaban J connectivity index is 1.66. The summed E-state index contributed by atoms with van der Waals surface area (Å²) in [4.78, 5) is 12.4. The molecule has 0 saturated carbocycles. The molecule has 1 aliphatic heterocycles. The number of hydrogen-bond donors (Lipinski definition) is 1. The normalized spacial score (nSPS) is 15.4. The number of nitrogens with two attached hydrogens (primary N) is 1. The number of hydrogen-bond acceptors (Lipinski definition) is 6. The van der Waals surface area contributed by atoms with Gasteiger partial charge < -0.3 is 19.6 Å². The summed E-state index contributed by atoms with van der Waals surface area (Å²) in [7, 11) is 0. The molecule has 1 unspecified atom stereocenters. The number of ether oxygens (including phenoxy) is 2. The lowest BCUT2D eigenvalue weighted by atomic mass is 9.87. The Bertz CT molecular complexity index is 1110. The molecule has 1 atom stereocenters. The van der Waals surface area contributed by atoms with Gasteiger partial charge in [0.15, 0.2) is 0 Å². The SMILES string of the molecule is Cc1ccc(C(=O)Oc2ccc3c(c2)OC(N)=C(C#N)C3c2ccco2)cc1. The highest BCUT2D eigenvalue weighted by Crippen LogP contribution is 2.43. The van der Waals surface area contributed by atoms with Gasteiger partial charge in [-0.05, 0) is 37.3 Å². The molecule has 0 radical (unpaired) electrons. The number of nitriles is 1. The van der Waals surface area contributed by atoms with Crippen LogP contribution in [0.25, 0.3) is 0 Å².